The van der Waals surface area contributed by atoms with E-state index in [2.05, 4.69) is 0 Å². The zero-order valence-corrected chi connectivity index (χ0v) is 16.5. The molecule has 0 spiro atoms. The van der Waals surface area contributed by atoms with Crippen LogP contribution in [-0.4, -0.2) is 21.8 Å². The van der Waals surface area contributed by atoms with Crippen LogP contribution in [0.25, 0.3) is 10.8 Å². The van der Waals surface area contributed by atoms with Gasteiger partial charge in [0.2, 0.25) is 0 Å². The third kappa shape index (κ3) is 3.06. The fourth-order valence-corrected chi connectivity index (χ4v) is 4.45. The van der Waals surface area contributed by atoms with Crippen molar-refractivity contribution in [3.05, 3.63) is 74.6 Å². The Morgan fingerprint density at radius 2 is 1.83 bits per heavy atom. The Hall–Kier alpha value is -3.19. The third-order valence-corrected chi connectivity index (χ3v) is 5.91. The first-order valence-corrected chi connectivity index (χ1v) is 10.4. The highest BCUT2D eigenvalue weighted by Gasteiger charge is 2.30. The topological polar surface area (TPSA) is 79.5 Å². The Balaban J connectivity index is 1.61. The Morgan fingerprint density at radius 3 is 2.67 bits per heavy atom. The monoisotopic (exact) mass is 406 g/mol. The SMILES string of the molecule is O=C(Oc1cccc2ccccc12)n1c2c(c(=O)n(C3CCCCO3)c1=O)CCC2. The molecule has 2 aromatic carbocycles. The Morgan fingerprint density at radius 1 is 1.00 bits per heavy atom. The molecule has 1 aliphatic heterocycles. The molecule has 1 fully saturated rings. The molecule has 7 nitrogen and oxygen atoms in total. The van der Waals surface area contributed by atoms with Crippen molar-refractivity contribution in [1.29, 1.82) is 0 Å². The van der Waals surface area contributed by atoms with E-state index in [0.29, 0.717) is 42.9 Å². The lowest BCUT2D eigenvalue weighted by Crippen LogP contribution is -2.48. The molecule has 154 valence electrons. The quantitative estimate of drug-likeness (QED) is 0.652. The number of hydrogen-bond donors (Lipinski definition) is 0. The van der Waals surface area contributed by atoms with Gasteiger partial charge in [-0.25, -0.2) is 14.2 Å². The van der Waals surface area contributed by atoms with E-state index in [4.69, 9.17) is 9.47 Å². The average molecular weight is 406 g/mol. The fourth-order valence-electron chi connectivity index (χ4n) is 4.45. The van der Waals surface area contributed by atoms with Crippen molar-refractivity contribution >= 4 is 16.9 Å². The van der Waals surface area contributed by atoms with E-state index < -0.39 is 18.0 Å². The van der Waals surface area contributed by atoms with Crippen molar-refractivity contribution in [1.82, 2.24) is 9.13 Å². The van der Waals surface area contributed by atoms with Gasteiger partial charge in [-0.1, -0.05) is 36.4 Å². The molecule has 0 radical (unpaired) electrons. The van der Waals surface area contributed by atoms with Crippen LogP contribution in [0.4, 0.5) is 4.79 Å². The van der Waals surface area contributed by atoms with E-state index in [1.807, 2.05) is 30.3 Å². The maximum Gasteiger partial charge on any atom is 0.427 e. The van der Waals surface area contributed by atoms with Crippen molar-refractivity contribution in [2.75, 3.05) is 6.61 Å². The minimum absolute atomic E-state index is 0.339. The third-order valence-electron chi connectivity index (χ3n) is 5.91. The lowest BCUT2D eigenvalue weighted by atomic mass is 10.1. The molecule has 1 unspecified atom stereocenters. The summed E-state index contributed by atoms with van der Waals surface area (Å²) in [6, 6.07) is 13.0. The van der Waals surface area contributed by atoms with Gasteiger partial charge in [-0.15, -0.1) is 0 Å². The van der Waals surface area contributed by atoms with Gasteiger partial charge in [0, 0.05) is 23.3 Å². The molecule has 0 N–H and O–H groups in total. The summed E-state index contributed by atoms with van der Waals surface area (Å²) in [5.41, 5.74) is -0.0488. The van der Waals surface area contributed by atoms with Crippen LogP contribution in [0, 0.1) is 0 Å². The van der Waals surface area contributed by atoms with E-state index in [1.54, 1.807) is 12.1 Å². The molecule has 2 aliphatic rings. The fraction of sp³-hybridized carbons (Fsp3) is 0.348. The van der Waals surface area contributed by atoms with E-state index in [0.717, 1.165) is 39.2 Å². The van der Waals surface area contributed by atoms with E-state index in [1.165, 1.54) is 0 Å². The largest absolute Gasteiger partial charge is 0.427 e. The molecule has 1 aromatic heterocycles. The number of nitrogens with zero attached hydrogens (tertiary/aromatic N) is 2. The summed E-state index contributed by atoms with van der Waals surface area (Å²) in [6.07, 6.45) is 2.68. The summed E-state index contributed by atoms with van der Waals surface area (Å²) in [7, 11) is 0. The molecule has 2 heterocycles. The zero-order chi connectivity index (χ0) is 20.7. The number of fused-ring (bicyclic) bond motifs is 2. The van der Waals surface area contributed by atoms with Crippen LogP contribution in [0.15, 0.2) is 52.1 Å². The summed E-state index contributed by atoms with van der Waals surface area (Å²) in [5.74, 6) is 0.378. The van der Waals surface area contributed by atoms with Gasteiger partial charge in [0.25, 0.3) is 5.56 Å². The van der Waals surface area contributed by atoms with Crippen molar-refractivity contribution in [3.8, 4) is 5.75 Å². The number of aromatic nitrogens is 2. The number of carbonyl (C=O) groups excluding carboxylic acids is 1. The first kappa shape index (κ1) is 18.8. The molecule has 7 heteroatoms. The molecule has 0 saturated carbocycles. The Labute approximate surface area is 172 Å². The molecule has 0 amide bonds. The maximum atomic E-state index is 13.3. The molecule has 30 heavy (non-hydrogen) atoms. The normalized spacial score (nSPS) is 18.3. The van der Waals surface area contributed by atoms with Crippen LogP contribution in [0.2, 0.25) is 0 Å². The lowest BCUT2D eigenvalue weighted by molar-refractivity contribution is -0.0374. The Bertz CT molecular complexity index is 1250. The number of rotatable bonds is 2. The summed E-state index contributed by atoms with van der Waals surface area (Å²) < 4.78 is 13.5. The van der Waals surface area contributed by atoms with E-state index in [-0.39, 0.29) is 5.56 Å². The standard InChI is InChI=1S/C23H22N2O5/c26-21-17-10-6-11-18(17)24(22(27)25(21)20-13-3-4-14-29-20)23(28)30-19-12-5-8-15-7-1-2-9-16(15)19/h1-2,5,7-9,12,20H,3-4,6,10-11,13-14H2. The predicted octanol–water partition coefficient (Wildman–Crippen LogP) is 3.40. The van der Waals surface area contributed by atoms with Crippen molar-refractivity contribution in [2.45, 2.75) is 44.8 Å². The van der Waals surface area contributed by atoms with Crippen LogP contribution in [0.3, 0.4) is 0 Å². The summed E-state index contributed by atoms with van der Waals surface area (Å²) in [6.45, 7) is 0.494. The minimum atomic E-state index is -0.793. The molecular formula is C23H22N2O5. The second-order valence-electron chi connectivity index (χ2n) is 7.74. The molecule has 0 bridgehead atoms. The molecule has 1 saturated heterocycles. The van der Waals surface area contributed by atoms with Gasteiger partial charge in [-0.3, -0.25) is 4.79 Å². The lowest BCUT2D eigenvalue weighted by Gasteiger charge is -2.25. The molecule has 1 atom stereocenters. The second kappa shape index (κ2) is 7.57. The van der Waals surface area contributed by atoms with Gasteiger partial charge in [0.1, 0.15) is 12.0 Å². The first-order valence-electron chi connectivity index (χ1n) is 10.4. The summed E-state index contributed by atoms with van der Waals surface area (Å²) in [4.78, 5) is 39.5. The highest BCUT2D eigenvalue weighted by molar-refractivity contribution is 5.90. The maximum absolute atomic E-state index is 13.3. The molecule has 1 aliphatic carbocycles. The van der Waals surface area contributed by atoms with Gasteiger partial charge in [0.05, 0.1) is 0 Å². The Kier molecular flexibility index (Phi) is 4.75. The van der Waals surface area contributed by atoms with Crippen LogP contribution in [0.1, 0.15) is 43.2 Å². The summed E-state index contributed by atoms with van der Waals surface area (Å²) >= 11 is 0. The number of hydrogen-bond acceptors (Lipinski definition) is 5. The van der Waals surface area contributed by atoms with Gasteiger partial charge in [-0.05, 0) is 50.0 Å². The van der Waals surface area contributed by atoms with E-state index in [9.17, 15) is 14.4 Å². The van der Waals surface area contributed by atoms with Gasteiger partial charge in [0.15, 0.2) is 0 Å². The highest BCUT2D eigenvalue weighted by Crippen LogP contribution is 2.27. The van der Waals surface area contributed by atoms with Crippen molar-refractivity contribution < 1.29 is 14.3 Å². The molecular weight excluding hydrogens is 384 g/mol. The van der Waals surface area contributed by atoms with E-state index >= 15 is 0 Å². The van der Waals surface area contributed by atoms with Crippen LogP contribution < -0.4 is 16.0 Å². The van der Waals surface area contributed by atoms with Crippen molar-refractivity contribution in [2.24, 2.45) is 0 Å². The van der Waals surface area contributed by atoms with Gasteiger partial charge < -0.3 is 9.47 Å². The van der Waals surface area contributed by atoms with Crippen molar-refractivity contribution in [3.63, 3.8) is 0 Å². The second-order valence-corrected chi connectivity index (χ2v) is 7.74. The molecule has 5 rings (SSSR count). The average Bonchev–Trinajstić information content (AvgIpc) is 3.25. The zero-order valence-electron chi connectivity index (χ0n) is 16.5. The van der Waals surface area contributed by atoms with Gasteiger partial charge >= 0.3 is 11.8 Å². The number of benzene rings is 2. The minimum Gasteiger partial charge on any atom is -0.409 e. The summed E-state index contributed by atoms with van der Waals surface area (Å²) in [5, 5.41) is 1.71. The first-order chi connectivity index (χ1) is 14.6. The van der Waals surface area contributed by atoms with Crippen LogP contribution in [0.5, 0.6) is 5.75 Å². The molecule has 3 aromatic rings. The number of ether oxygens (including phenoxy) is 2. The van der Waals surface area contributed by atoms with Crippen LogP contribution >= 0.6 is 0 Å². The van der Waals surface area contributed by atoms with Crippen LogP contribution in [-0.2, 0) is 17.6 Å². The predicted molar refractivity (Wildman–Crippen MR) is 111 cm³/mol. The smallest absolute Gasteiger partial charge is 0.409 e. The van der Waals surface area contributed by atoms with Gasteiger partial charge in [-0.2, -0.15) is 4.57 Å². The number of carbonyl (C=O) groups is 1. The highest BCUT2D eigenvalue weighted by atomic mass is 16.6.